The zero-order chi connectivity index (χ0) is 24.9. The third kappa shape index (κ3) is 5.78. The van der Waals surface area contributed by atoms with Gasteiger partial charge in [-0.25, -0.2) is 16.8 Å². The minimum atomic E-state index is -3.90. The Hall–Kier alpha value is -2.02. The average Bonchev–Trinajstić information content (AvgIpc) is 2.84. The fraction of sp³-hybridized carbons (Fsp3) is 0.636. The van der Waals surface area contributed by atoms with E-state index in [2.05, 4.69) is 0 Å². The second kappa shape index (κ2) is 11.1. The first-order chi connectivity index (χ1) is 16.1. The molecular formula is C22H32N2O8S2. The molecule has 2 aliphatic rings. The van der Waals surface area contributed by atoms with E-state index in [0.717, 1.165) is 0 Å². The monoisotopic (exact) mass is 516 g/mol. The van der Waals surface area contributed by atoms with Crippen molar-refractivity contribution >= 4 is 32.0 Å². The van der Waals surface area contributed by atoms with Crippen molar-refractivity contribution in [2.75, 3.05) is 39.4 Å². The molecule has 0 radical (unpaired) electrons. The molecule has 1 aromatic rings. The van der Waals surface area contributed by atoms with E-state index in [1.165, 1.54) is 32.9 Å². The lowest BCUT2D eigenvalue weighted by molar-refractivity contribution is -0.150. The molecule has 0 spiro atoms. The largest absolute Gasteiger partial charge is 0.466 e. The van der Waals surface area contributed by atoms with E-state index in [1.807, 2.05) is 0 Å². The molecule has 2 fully saturated rings. The van der Waals surface area contributed by atoms with Crippen LogP contribution >= 0.6 is 0 Å². The topological polar surface area (TPSA) is 127 Å². The van der Waals surface area contributed by atoms with Gasteiger partial charge < -0.3 is 9.47 Å². The second-order valence-corrected chi connectivity index (χ2v) is 12.3. The van der Waals surface area contributed by atoms with Gasteiger partial charge >= 0.3 is 11.9 Å². The van der Waals surface area contributed by atoms with Crippen LogP contribution in [-0.2, 0) is 39.1 Å². The molecule has 0 amide bonds. The Morgan fingerprint density at radius 3 is 1.44 bits per heavy atom. The highest BCUT2D eigenvalue weighted by Crippen LogP contribution is 2.28. The van der Waals surface area contributed by atoms with Gasteiger partial charge in [-0.15, -0.1) is 0 Å². The summed E-state index contributed by atoms with van der Waals surface area (Å²) in [7, 11) is -7.80. The number of carbonyl (C=O) groups is 2. The summed E-state index contributed by atoms with van der Waals surface area (Å²) in [5, 5.41) is 0. The minimum Gasteiger partial charge on any atom is -0.466 e. The van der Waals surface area contributed by atoms with Crippen LogP contribution in [0, 0.1) is 11.8 Å². The van der Waals surface area contributed by atoms with Crippen molar-refractivity contribution in [3.8, 4) is 0 Å². The normalized spacial score (nSPS) is 22.8. The van der Waals surface area contributed by atoms with Crippen LogP contribution in [0.2, 0.25) is 0 Å². The van der Waals surface area contributed by atoms with Crippen molar-refractivity contribution in [2.45, 2.75) is 49.3 Å². The van der Waals surface area contributed by atoms with Crippen LogP contribution < -0.4 is 0 Å². The lowest BCUT2D eigenvalue weighted by atomic mass is 10.0. The van der Waals surface area contributed by atoms with Crippen LogP contribution in [-0.4, -0.2) is 76.8 Å². The molecule has 0 N–H and O–H groups in total. The average molecular weight is 517 g/mol. The molecule has 2 heterocycles. The van der Waals surface area contributed by atoms with Crippen molar-refractivity contribution in [3.63, 3.8) is 0 Å². The number of hydrogen-bond donors (Lipinski definition) is 0. The van der Waals surface area contributed by atoms with Crippen LogP contribution in [0.25, 0.3) is 0 Å². The molecule has 34 heavy (non-hydrogen) atoms. The predicted octanol–water partition coefficient (Wildman–Crippen LogP) is 1.61. The molecule has 12 heteroatoms. The van der Waals surface area contributed by atoms with Gasteiger partial charge in [-0.1, -0.05) is 0 Å². The van der Waals surface area contributed by atoms with Gasteiger partial charge in [-0.2, -0.15) is 8.61 Å². The minimum absolute atomic E-state index is 0.0320. The fourth-order valence-corrected chi connectivity index (χ4v) is 7.36. The molecule has 2 saturated heterocycles. The van der Waals surface area contributed by atoms with E-state index in [9.17, 15) is 26.4 Å². The van der Waals surface area contributed by atoms with Gasteiger partial charge in [0, 0.05) is 26.2 Å². The Morgan fingerprint density at radius 2 is 1.12 bits per heavy atom. The van der Waals surface area contributed by atoms with E-state index in [0.29, 0.717) is 25.7 Å². The third-order valence-corrected chi connectivity index (χ3v) is 9.87. The number of nitrogens with zero attached hydrogens (tertiary/aromatic N) is 2. The molecule has 0 unspecified atom stereocenters. The Bertz CT molecular complexity index is 999. The van der Waals surface area contributed by atoms with Crippen LogP contribution in [0.5, 0.6) is 0 Å². The van der Waals surface area contributed by atoms with Crippen molar-refractivity contribution in [2.24, 2.45) is 11.8 Å². The molecule has 3 rings (SSSR count). The van der Waals surface area contributed by atoms with E-state index < -0.39 is 43.8 Å². The van der Waals surface area contributed by atoms with E-state index in [4.69, 9.17) is 9.47 Å². The highest BCUT2D eigenvalue weighted by Gasteiger charge is 2.36. The molecule has 0 aromatic heterocycles. The fourth-order valence-electron chi connectivity index (χ4n) is 4.31. The van der Waals surface area contributed by atoms with Crippen LogP contribution in [0.15, 0.2) is 34.1 Å². The van der Waals surface area contributed by atoms with Crippen LogP contribution in [0.3, 0.4) is 0 Å². The third-order valence-electron chi connectivity index (χ3n) is 6.11. The van der Waals surface area contributed by atoms with Crippen LogP contribution in [0.4, 0.5) is 0 Å². The van der Waals surface area contributed by atoms with Gasteiger partial charge in [0.2, 0.25) is 20.0 Å². The molecule has 190 valence electrons. The first-order valence-electron chi connectivity index (χ1n) is 11.5. The number of esters is 2. The molecule has 0 saturated carbocycles. The number of piperidine rings is 2. The summed E-state index contributed by atoms with van der Waals surface area (Å²) >= 11 is 0. The summed E-state index contributed by atoms with van der Waals surface area (Å²) in [6.45, 7) is 4.49. The Labute approximate surface area is 201 Å². The first-order valence-corrected chi connectivity index (χ1v) is 14.4. The standard InChI is InChI=1S/C22H32N2O8S2/c1-3-31-21(25)17-7-5-13-23(15-17)33(27,28)19-9-11-20(12-10-19)34(29,30)24-14-6-8-18(16-24)22(26)32-4-2/h9-12,17-18H,3-8,13-16H2,1-2H3/t17-,18+. The summed E-state index contributed by atoms with van der Waals surface area (Å²) in [6, 6.07) is 5.07. The quantitative estimate of drug-likeness (QED) is 0.477. The Morgan fingerprint density at radius 1 is 0.765 bits per heavy atom. The number of rotatable bonds is 8. The predicted molar refractivity (Wildman–Crippen MR) is 123 cm³/mol. The SMILES string of the molecule is CCOC(=O)[C@@H]1CCCN(S(=O)(=O)c2ccc(S(=O)(=O)N3CCC[C@H](C(=O)OCC)C3)cc2)C1. The number of sulfonamides is 2. The smallest absolute Gasteiger partial charge is 0.310 e. The summed E-state index contributed by atoms with van der Waals surface area (Å²) in [5.41, 5.74) is 0. The summed E-state index contributed by atoms with van der Waals surface area (Å²) in [5.74, 6) is -1.86. The molecule has 2 aliphatic heterocycles. The summed E-state index contributed by atoms with van der Waals surface area (Å²) in [6.07, 6.45) is 2.19. The maximum atomic E-state index is 13.1. The number of benzene rings is 1. The van der Waals surface area contributed by atoms with Crippen molar-refractivity contribution in [3.05, 3.63) is 24.3 Å². The maximum Gasteiger partial charge on any atom is 0.310 e. The van der Waals surface area contributed by atoms with E-state index >= 15 is 0 Å². The maximum absolute atomic E-state index is 13.1. The van der Waals surface area contributed by atoms with Gasteiger partial charge in [0.25, 0.3) is 0 Å². The van der Waals surface area contributed by atoms with E-state index in [-0.39, 0.29) is 49.2 Å². The van der Waals surface area contributed by atoms with E-state index in [1.54, 1.807) is 13.8 Å². The summed E-state index contributed by atoms with van der Waals surface area (Å²) < 4.78 is 65.0. The highest BCUT2D eigenvalue weighted by atomic mass is 32.2. The molecule has 0 bridgehead atoms. The molecule has 10 nitrogen and oxygen atoms in total. The van der Waals surface area contributed by atoms with Crippen molar-refractivity contribution in [1.29, 1.82) is 0 Å². The second-order valence-electron chi connectivity index (χ2n) is 8.38. The Balaban J connectivity index is 1.74. The van der Waals surface area contributed by atoms with Gasteiger partial charge in [0.1, 0.15) is 0 Å². The van der Waals surface area contributed by atoms with Crippen molar-refractivity contribution in [1.82, 2.24) is 8.61 Å². The zero-order valence-corrected chi connectivity index (χ0v) is 21.1. The number of hydrogen-bond acceptors (Lipinski definition) is 8. The molecular weight excluding hydrogens is 484 g/mol. The summed E-state index contributed by atoms with van der Waals surface area (Å²) in [4.78, 5) is 24.1. The van der Waals surface area contributed by atoms with Gasteiger partial charge in [0.05, 0.1) is 34.8 Å². The van der Waals surface area contributed by atoms with Gasteiger partial charge in [0.15, 0.2) is 0 Å². The Kier molecular flexibility index (Phi) is 8.72. The number of carbonyl (C=O) groups excluding carboxylic acids is 2. The van der Waals surface area contributed by atoms with Gasteiger partial charge in [-0.3, -0.25) is 9.59 Å². The first kappa shape index (κ1) is 26.6. The van der Waals surface area contributed by atoms with Crippen molar-refractivity contribution < 1.29 is 35.9 Å². The highest BCUT2D eigenvalue weighted by molar-refractivity contribution is 7.89. The lowest BCUT2D eigenvalue weighted by Crippen LogP contribution is -2.43. The zero-order valence-electron chi connectivity index (χ0n) is 19.5. The lowest BCUT2D eigenvalue weighted by Gasteiger charge is -2.31. The molecule has 0 aliphatic carbocycles. The molecule has 2 atom stereocenters. The molecule has 1 aromatic carbocycles. The van der Waals surface area contributed by atoms with Crippen LogP contribution in [0.1, 0.15) is 39.5 Å². The number of ether oxygens (including phenoxy) is 2. The van der Waals surface area contributed by atoms with Gasteiger partial charge in [-0.05, 0) is 63.8 Å².